The van der Waals surface area contributed by atoms with E-state index >= 15 is 0 Å². The lowest BCUT2D eigenvalue weighted by Gasteiger charge is -2.41. The van der Waals surface area contributed by atoms with Crippen LogP contribution in [0.2, 0.25) is 0 Å². The minimum absolute atomic E-state index is 0.0347. The van der Waals surface area contributed by atoms with Crippen molar-refractivity contribution in [2.75, 3.05) is 26.4 Å². The monoisotopic (exact) mass is 933 g/mol. The molecule has 0 spiro atoms. The minimum Gasteiger partial charge on any atom is -0.457 e. The largest absolute Gasteiger partial charge is 0.457 e. The lowest BCUT2D eigenvalue weighted by Crippen LogP contribution is -2.60. The van der Waals surface area contributed by atoms with E-state index in [1.807, 2.05) is 0 Å². The predicted octanol–water partition coefficient (Wildman–Crippen LogP) is 12.0. The van der Waals surface area contributed by atoms with E-state index in [-0.39, 0.29) is 19.6 Å². The molecule has 0 radical (unpaired) electrons. The van der Waals surface area contributed by atoms with Gasteiger partial charge in [0.15, 0.2) is 6.29 Å². The molecule has 4 N–H and O–H groups in total. The van der Waals surface area contributed by atoms with Crippen LogP contribution in [-0.4, -0.2) is 97.5 Å². The van der Waals surface area contributed by atoms with Gasteiger partial charge in [-0.05, 0) is 44.9 Å². The Morgan fingerprint density at radius 2 is 1.03 bits per heavy atom. The van der Waals surface area contributed by atoms with Gasteiger partial charge in [0.1, 0.15) is 30.5 Å². The first-order valence-corrected chi connectivity index (χ1v) is 27.5. The molecule has 0 aromatic rings. The van der Waals surface area contributed by atoms with Gasteiger partial charge in [-0.1, -0.05) is 205 Å². The highest BCUT2D eigenvalue weighted by molar-refractivity contribution is 7.80. The number of aliphatic hydroxyl groups is 3. The number of allylic oxidation sites excluding steroid dienone is 4. The molecule has 1 aliphatic heterocycles. The summed E-state index contributed by atoms with van der Waals surface area (Å²) < 4.78 is 59.2. The normalized spacial score (nSPS) is 19.9. The van der Waals surface area contributed by atoms with Gasteiger partial charge in [-0.2, -0.15) is 8.42 Å². The molecule has 0 amide bonds. The van der Waals surface area contributed by atoms with Crippen molar-refractivity contribution in [1.82, 2.24) is 0 Å². The third-order valence-corrected chi connectivity index (χ3v) is 12.5. The van der Waals surface area contributed by atoms with Gasteiger partial charge in [-0.3, -0.25) is 9.35 Å². The smallest absolute Gasteiger partial charge is 0.397 e. The highest BCUT2D eigenvalue weighted by Gasteiger charge is 2.48. The minimum atomic E-state index is -5.06. The molecule has 1 aliphatic rings. The van der Waals surface area contributed by atoms with Crippen LogP contribution in [0.4, 0.5) is 0 Å². The Morgan fingerprint density at radius 3 is 1.52 bits per heavy atom. The van der Waals surface area contributed by atoms with Crippen LogP contribution in [0.25, 0.3) is 0 Å². The number of carbonyl (C=O) groups excluding carboxylic acids is 1. The van der Waals surface area contributed by atoms with Gasteiger partial charge in [0.05, 0.1) is 19.8 Å². The lowest BCUT2D eigenvalue weighted by molar-refractivity contribution is -0.301. The van der Waals surface area contributed by atoms with Gasteiger partial charge >= 0.3 is 16.4 Å². The molecule has 64 heavy (non-hydrogen) atoms. The van der Waals surface area contributed by atoms with Crippen LogP contribution >= 0.6 is 0 Å². The molecule has 0 aliphatic carbocycles. The van der Waals surface area contributed by atoms with Gasteiger partial charge < -0.3 is 34.3 Å². The fourth-order valence-electron chi connectivity index (χ4n) is 8.12. The summed E-state index contributed by atoms with van der Waals surface area (Å²) in [5.74, 6) is -0.409. The van der Waals surface area contributed by atoms with E-state index in [9.17, 15) is 33.1 Å². The van der Waals surface area contributed by atoms with Crippen molar-refractivity contribution in [1.29, 1.82) is 0 Å². The second kappa shape index (κ2) is 42.9. The maximum Gasteiger partial charge on any atom is 0.397 e. The summed E-state index contributed by atoms with van der Waals surface area (Å²) in [6.45, 7) is 3.99. The van der Waals surface area contributed by atoms with Crippen LogP contribution in [0.1, 0.15) is 232 Å². The van der Waals surface area contributed by atoms with Crippen molar-refractivity contribution >= 4 is 16.4 Å². The van der Waals surface area contributed by atoms with E-state index in [0.717, 1.165) is 64.2 Å². The Labute approximate surface area is 391 Å². The van der Waals surface area contributed by atoms with E-state index in [2.05, 4.69) is 42.3 Å². The number of hydrogen-bond donors (Lipinski definition) is 4. The average Bonchev–Trinajstić information content (AvgIpc) is 3.27. The predicted molar refractivity (Wildman–Crippen MR) is 257 cm³/mol. The topological polar surface area (TPSA) is 178 Å². The first-order chi connectivity index (χ1) is 31.1. The molecule has 1 heterocycles. The van der Waals surface area contributed by atoms with E-state index in [0.29, 0.717) is 13.0 Å². The maximum atomic E-state index is 12.9. The summed E-state index contributed by atoms with van der Waals surface area (Å²) in [5.41, 5.74) is 0. The molecule has 1 fully saturated rings. The molecule has 1 saturated heterocycles. The number of esters is 1. The highest BCUT2D eigenvalue weighted by Crippen LogP contribution is 2.26. The van der Waals surface area contributed by atoms with Gasteiger partial charge in [0.2, 0.25) is 0 Å². The van der Waals surface area contributed by atoms with Gasteiger partial charge in [-0.25, -0.2) is 4.18 Å². The molecule has 0 aromatic carbocycles. The summed E-state index contributed by atoms with van der Waals surface area (Å²) in [4.78, 5) is 12.9. The Morgan fingerprint density at radius 1 is 0.594 bits per heavy atom. The zero-order valence-electron chi connectivity index (χ0n) is 40.6. The number of ether oxygens (including phenoxy) is 4. The van der Waals surface area contributed by atoms with Crippen LogP contribution in [0.15, 0.2) is 24.3 Å². The molecular formula is C51H96O12S. The summed E-state index contributed by atoms with van der Waals surface area (Å²) in [7, 11) is -5.06. The number of unbranched alkanes of at least 4 members (excludes halogenated alkanes) is 29. The zero-order valence-corrected chi connectivity index (χ0v) is 41.4. The first-order valence-electron chi connectivity index (χ1n) is 26.1. The van der Waals surface area contributed by atoms with Crippen LogP contribution in [0.5, 0.6) is 0 Å². The highest BCUT2D eigenvalue weighted by atomic mass is 32.3. The van der Waals surface area contributed by atoms with E-state index < -0.39 is 59.8 Å². The number of rotatable bonds is 46. The van der Waals surface area contributed by atoms with Crippen LogP contribution in [0, 0.1) is 0 Å². The Balaban J connectivity index is 2.33. The van der Waals surface area contributed by atoms with Crippen molar-refractivity contribution in [3.8, 4) is 0 Å². The van der Waals surface area contributed by atoms with Crippen molar-refractivity contribution in [2.45, 2.75) is 269 Å². The number of hydrogen-bond acceptors (Lipinski definition) is 11. The van der Waals surface area contributed by atoms with Gasteiger partial charge in [-0.15, -0.1) is 0 Å². The Hall–Kier alpha value is -1.42. The van der Waals surface area contributed by atoms with E-state index in [1.54, 1.807) is 0 Å². The quantitative estimate of drug-likeness (QED) is 0.0197. The van der Waals surface area contributed by atoms with Crippen LogP contribution in [-0.2, 0) is 38.3 Å². The molecule has 0 aromatic heterocycles. The molecule has 6 atom stereocenters. The second-order valence-electron chi connectivity index (χ2n) is 18.1. The standard InChI is InChI=1S/C51H96O12S/c1-3-5-7-9-11-13-15-17-19-20-21-22-23-24-25-27-29-31-33-35-37-39-41-59-43-45(44-60-51-49(55)50(63-64(56,57)58)48(54)46(42-52)62-51)61-47(53)40-38-36-34-32-30-28-26-18-16-14-12-10-8-6-4-2/h12,14,18,26,45-46,48-52,54-55H,3-11,13,15-17,19-25,27-44H2,1-2H3,(H,56,57,58)/b14-12-,26-18-. The summed E-state index contributed by atoms with van der Waals surface area (Å²) >= 11 is 0. The molecule has 6 unspecified atom stereocenters. The third-order valence-electron chi connectivity index (χ3n) is 12.1. The average molecular weight is 933 g/mol. The molecule has 12 nitrogen and oxygen atoms in total. The summed E-state index contributed by atoms with van der Waals surface area (Å²) in [6, 6.07) is 0. The molecule has 13 heteroatoms. The van der Waals surface area contributed by atoms with Gasteiger partial charge in [0.25, 0.3) is 0 Å². The van der Waals surface area contributed by atoms with E-state index in [1.165, 1.54) is 141 Å². The van der Waals surface area contributed by atoms with Crippen LogP contribution < -0.4 is 0 Å². The van der Waals surface area contributed by atoms with Crippen molar-refractivity contribution in [3.63, 3.8) is 0 Å². The molecule has 0 saturated carbocycles. The van der Waals surface area contributed by atoms with Gasteiger partial charge in [0, 0.05) is 13.0 Å². The molecule has 378 valence electrons. The molecular weight excluding hydrogens is 837 g/mol. The number of carbonyl (C=O) groups is 1. The summed E-state index contributed by atoms with van der Waals surface area (Å²) in [6.07, 6.45) is 40.7. The van der Waals surface area contributed by atoms with Crippen molar-refractivity contribution in [3.05, 3.63) is 24.3 Å². The summed E-state index contributed by atoms with van der Waals surface area (Å²) in [5, 5.41) is 30.7. The molecule has 1 rings (SSSR count). The second-order valence-corrected chi connectivity index (χ2v) is 19.2. The number of aliphatic hydroxyl groups excluding tert-OH is 3. The van der Waals surface area contributed by atoms with E-state index in [4.69, 9.17) is 18.9 Å². The molecule has 0 bridgehead atoms. The van der Waals surface area contributed by atoms with Crippen molar-refractivity contribution < 1.29 is 56.2 Å². The Bertz CT molecular complexity index is 1210. The third kappa shape index (κ3) is 35.7. The maximum absolute atomic E-state index is 12.9. The van der Waals surface area contributed by atoms with Crippen LogP contribution in [0.3, 0.4) is 0 Å². The fourth-order valence-corrected chi connectivity index (χ4v) is 8.62. The SMILES string of the molecule is CCCCC/C=C\C/C=C\CCCCCCCC(=O)OC(COCCCCCCCCCCCCCCCCCCCCCCCC)COC1OC(CO)C(O)C(OS(=O)(=O)O)C1O. The zero-order chi connectivity index (χ0) is 46.8. The fraction of sp³-hybridized carbons (Fsp3) is 0.902. The Kier molecular flexibility index (Phi) is 40.6. The van der Waals surface area contributed by atoms with Crippen molar-refractivity contribution in [2.24, 2.45) is 0 Å². The first kappa shape index (κ1) is 60.6. The lowest BCUT2D eigenvalue weighted by atomic mass is 9.99.